The molecule has 6 heteroatoms. The first-order valence-corrected chi connectivity index (χ1v) is 6.91. The average Bonchev–Trinajstić information content (AvgIpc) is 2.83. The number of hydrogen-bond donors (Lipinski definition) is 0. The second-order valence-electron chi connectivity index (χ2n) is 5.00. The fourth-order valence-corrected chi connectivity index (χ4v) is 2.06. The van der Waals surface area contributed by atoms with E-state index in [1.165, 1.54) is 18.1 Å². The Morgan fingerprint density at radius 3 is 2.59 bits per heavy atom. The van der Waals surface area contributed by atoms with E-state index in [4.69, 9.17) is 14.2 Å². The molecular formula is C16H19NO5. The van der Waals surface area contributed by atoms with Crippen LogP contribution in [-0.2, 0) is 25.4 Å². The van der Waals surface area contributed by atoms with Crippen LogP contribution >= 0.6 is 0 Å². The minimum absolute atomic E-state index is 0.424. The van der Waals surface area contributed by atoms with Gasteiger partial charge in [0.15, 0.2) is 0 Å². The molecule has 1 aromatic carbocycles. The van der Waals surface area contributed by atoms with E-state index in [1.54, 1.807) is 14.0 Å². The third-order valence-corrected chi connectivity index (χ3v) is 3.39. The van der Waals surface area contributed by atoms with Crippen LogP contribution in [0.25, 0.3) is 0 Å². The standard InChI is InChI=1S/C16H19NO5/c1-11-9-14(21-15(11)18)22-16(19)17(2)13(20-3)10-12-7-5-4-6-8-12/h4-9,13-14H,10H2,1-3H3. The van der Waals surface area contributed by atoms with Crippen molar-refractivity contribution >= 4 is 12.1 Å². The van der Waals surface area contributed by atoms with Crippen LogP contribution in [0.15, 0.2) is 42.0 Å². The first-order valence-electron chi connectivity index (χ1n) is 6.91. The Bertz CT molecular complexity index is 569. The van der Waals surface area contributed by atoms with E-state index >= 15 is 0 Å². The van der Waals surface area contributed by atoms with Gasteiger partial charge in [-0.3, -0.25) is 4.90 Å². The number of ether oxygens (including phenoxy) is 3. The van der Waals surface area contributed by atoms with E-state index in [9.17, 15) is 9.59 Å². The van der Waals surface area contributed by atoms with Crippen molar-refractivity contribution in [3.63, 3.8) is 0 Å². The third kappa shape index (κ3) is 3.85. The minimum atomic E-state index is -0.975. The molecule has 1 amide bonds. The highest BCUT2D eigenvalue weighted by Crippen LogP contribution is 2.16. The molecule has 0 bridgehead atoms. The SMILES string of the molecule is COC(Cc1ccccc1)N(C)C(=O)OC1C=C(C)C(=O)O1. The van der Waals surface area contributed by atoms with E-state index in [-0.39, 0.29) is 0 Å². The molecule has 1 heterocycles. The number of likely N-dealkylation sites (N-methyl/N-ethyl adjacent to an activating group) is 1. The third-order valence-electron chi connectivity index (χ3n) is 3.39. The highest BCUT2D eigenvalue weighted by Gasteiger charge is 2.29. The average molecular weight is 305 g/mol. The Morgan fingerprint density at radius 2 is 2.05 bits per heavy atom. The molecule has 0 N–H and O–H groups in total. The predicted molar refractivity (Wildman–Crippen MR) is 78.8 cm³/mol. The molecule has 22 heavy (non-hydrogen) atoms. The summed E-state index contributed by atoms with van der Waals surface area (Å²) in [5.41, 5.74) is 1.46. The number of cyclic esters (lactones) is 1. The van der Waals surface area contributed by atoms with Crippen molar-refractivity contribution in [3.05, 3.63) is 47.5 Å². The maximum Gasteiger partial charge on any atom is 0.414 e. The van der Waals surface area contributed by atoms with Crippen molar-refractivity contribution < 1.29 is 23.8 Å². The summed E-state index contributed by atoms with van der Waals surface area (Å²) in [5.74, 6) is -0.479. The maximum absolute atomic E-state index is 12.1. The first-order chi connectivity index (χ1) is 10.5. The summed E-state index contributed by atoms with van der Waals surface area (Å²) in [4.78, 5) is 24.7. The van der Waals surface area contributed by atoms with Gasteiger partial charge < -0.3 is 14.2 Å². The van der Waals surface area contributed by atoms with Gasteiger partial charge in [-0.15, -0.1) is 0 Å². The summed E-state index contributed by atoms with van der Waals surface area (Å²) in [7, 11) is 3.10. The Labute approximate surface area is 129 Å². The van der Waals surface area contributed by atoms with Crippen LogP contribution in [0.1, 0.15) is 12.5 Å². The summed E-state index contributed by atoms with van der Waals surface area (Å²) in [5, 5.41) is 0. The van der Waals surface area contributed by atoms with Gasteiger partial charge in [-0.2, -0.15) is 0 Å². The van der Waals surface area contributed by atoms with Gasteiger partial charge in [-0.25, -0.2) is 9.59 Å². The number of benzene rings is 1. The van der Waals surface area contributed by atoms with Crippen LogP contribution in [0.5, 0.6) is 0 Å². The molecule has 0 saturated carbocycles. The van der Waals surface area contributed by atoms with Gasteiger partial charge in [0.2, 0.25) is 0 Å². The van der Waals surface area contributed by atoms with Crippen LogP contribution in [0.3, 0.4) is 0 Å². The molecule has 1 aliphatic heterocycles. The van der Waals surface area contributed by atoms with Crippen molar-refractivity contribution in [1.82, 2.24) is 4.90 Å². The number of esters is 1. The summed E-state index contributed by atoms with van der Waals surface area (Å²) in [6.45, 7) is 1.60. The quantitative estimate of drug-likeness (QED) is 0.615. The highest BCUT2D eigenvalue weighted by atomic mass is 16.7. The summed E-state index contributed by atoms with van der Waals surface area (Å²) in [6.07, 6.45) is -0.0738. The summed E-state index contributed by atoms with van der Waals surface area (Å²) >= 11 is 0. The van der Waals surface area contributed by atoms with Crippen LogP contribution < -0.4 is 0 Å². The molecule has 0 spiro atoms. The molecule has 0 aliphatic carbocycles. The lowest BCUT2D eigenvalue weighted by Gasteiger charge is -2.27. The zero-order valence-electron chi connectivity index (χ0n) is 12.8. The lowest BCUT2D eigenvalue weighted by Crippen LogP contribution is -2.41. The largest absolute Gasteiger partial charge is 0.418 e. The van der Waals surface area contributed by atoms with Gasteiger partial charge in [0.1, 0.15) is 6.23 Å². The van der Waals surface area contributed by atoms with Gasteiger partial charge >= 0.3 is 12.1 Å². The van der Waals surface area contributed by atoms with E-state index in [2.05, 4.69) is 0 Å². The van der Waals surface area contributed by atoms with Crippen LogP contribution in [0.4, 0.5) is 4.79 Å². The molecule has 0 aromatic heterocycles. The lowest BCUT2D eigenvalue weighted by molar-refractivity contribution is -0.153. The number of nitrogens with zero attached hydrogens (tertiary/aromatic N) is 1. The number of hydrogen-bond acceptors (Lipinski definition) is 5. The highest BCUT2D eigenvalue weighted by molar-refractivity contribution is 5.90. The van der Waals surface area contributed by atoms with Crippen molar-refractivity contribution in [2.45, 2.75) is 25.9 Å². The minimum Gasteiger partial charge on any atom is -0.418 e. The molecular weight excluding hydrogens is 286 g/mol. The second-order valence-corrected chi connectivity index (χ2v) is 5.00. The van der Waals surface area contributed by atoms with Gasteiger partial charge in [-0.1, -0.05) is 30.3 Å². The maximum atomic E-state index is 12.1. The Morgan fingerprint density at radius 1 is 1.36 bits per heavy atom. The first kappa shape index (κ1) is 16.0. The van der Waals surface area contributed by atoms with Crippen LogP contribution in [-0.4, -0.2) is 43.6 Å². The fraction of sp³-hybridized carbons (Fsp3) is 0.375. The van der Waals surface area contributed by atoms with E-state index < -0.39 is 24.6 Å². The normalized spacial score (nSPS) is 18.4. The van der Waals surface area contributed by atoms with Crippen molar-refractivity contribution in [2.24, 2.45) is 0 Å². The smallest absolute Gasteiger partial charge is 0.414 e. The molecule has 2 unspecified atom stereocenters. The van der Waals surface area contributed by atoms with Crippen LogP contribution in [0.2, 0.25) is 0 Å². The summed E-state index contributed by atoms with van der Waals surface area (Å²) < 4.78 is 15.4. The topological polar surface area (TPSA) is 65.1 Å². The molecule has 1 aromatic rings. The van der Waals surface area contributed by atoms with Gasteiger partial charge in [0.25, 0.3) is 6.29 Å². The van der Waals surface area contributed by atoms with Crippen LogP contribution in [0, 0.1) is 0 Å². The second kappa shape index (κ2) is 7.09. The number of methoxy groups -OCH3 is 1. The van der Waals surface area contributed by atoms with E-state index in [1.807, 2.05) is 30.3 Å². The van der Waals surface area contributed by atoms with Gasteiger partial charge in [-0.05, 0) is 12.5 Å². The predicted octanol–water partition coefficient (Wildman–Crippen LogP) is 2.10. The molecule has 6 nitrogen and oxygen atoms in total. The molecule has 0 fully saturated rings. The number of carbonyl (C=O) groups is 2. The van der Waals surface area contributed by atoms with Gasteiger partial charge in [0, 0.05) is 32.2 Å². The van der Waals surface area contributed by atoms with Crippen molar-refractivity contribution in [1.29, 1.82) is 0 Å². The Balaban J connectivity index is 1.94. The van der Waals surface area contributed by atoms with Crippen molar-refractivity contribution in [2.75, 3.05) is 14.2 Å². The molecule has 2 rings (SSSR count). The molecule has 1 aliphatic rings. The van der Waals surface area contributed by atoms with Gasteiger partial charge in [0.05, 0.1) is 0 Å². The van der Waals surface area contributed by atoms with E-state index in [0.29, 0.717) is 12.0 Å². The fourth-order valence-electron chi connectivity index (χ4n) is 2.06. The number of rotatable bonds is 5. The molecule has 0 radical (unpaired) electrons. The monoisotopic (exact) mass is 305 g/mol. The number of amides is 1. The Hall–Kier alpha value is -2.34. The molecule has 0 saturated heterocycles. The van der Waals surface area contributed by atoms with Crippen molar-refractivity contribution in [3.8, 4) is 0 Å². The zero-order chi connectivity index (χ0) is 16.1. The lowest BCUT2D eigenvalue weighted by atomic mass is 10.1. The Kier molecular flexibility index (Phi) is 5.16. The zero-order valence-corrected chi connectivity index (χ0v) is 12.8. The molecule has 118 valence electrons. The van der Waals surface area contributed by atoms with E-state index in [0.717, 1.165) is 5.56 Å². The molecule has 2 atom stereocenters. The number of carbonyl (C=O) groups excluding carboxylic acids is 2. The summed E-state index contributed by atoms with van der Waals surface area (Å²) in [6, 6.07) is 9.68.